The molecule has 2 aromatic rings. The molecule has 0 saturated heterocycles. The highest BCUT2D eigenvalue weighted by Gasteiger charge is 2.34. The van der Waals surface area contributed by atoms with Gasteiger partial charge in [0.15, 0.2) is 0 Å². The summed E-state index contributed by atoms with van der Waals surface area (Å²) < 4.78 is 0. The fraction of sp³-hybridized carbons (Fsp3) is 0.294. The maximum Gasteiger partial charge on any atom is 0.0899 e. The summed E-state index contributed by atoms with van der Waals surface area (Å²) in [4.78, 5) is 0. The van der Waals surface area contributed by atoms with Gasteiger partial charge in [-0.3, -0.25) is 0 Å². The Morgan fingerprint density at radius 3 is 1.32 bits per heavy atom. The van der Waals surface area contributed by atoms with Crippen molar-refractivity contribution in [3.8, 4) is 0 Å². The minimum absolute atomic E-state index is 0.244. The lowest BCUT2D eigenvalue weighted by Crippen LogP contribution is -2.33. The Balaban J connectivity index is 2.25. The molecule has 2 rings (SSSR count). The fourth-order valence-corrected chi connectivity index (χ4v) is 2.47. The van der Waals surface area contributed by atoms with Gasteiger partial charge in [-0.05, 0) is 25.0 Å². The van der Waals surface area contributed by atoms with Crippen molar-refractivity contribution in [2.75, 3.05) is 0 Å². The topological polar surface area (TPSA) is 40.5 Å². The largest absolute Gasteiger partial charge is 0.385 e. The molecule has 0 amide bonds. The highest BCUT2D eigenvalue weighted by atomic mass is 16.3. The summed E-state index contributed by atoms with van der Waals surface area (Å²) in [5, 5.41) is 21.2. The quantitative estimate of drug-likeness (QED) is 0.882. The second-order valence-electron chi connectivity index (χ2n) is 5.46. The van der Waals surface area contributed by atoms with E-state index in [1.54, 1.807) is 13.8 Å². The van der Waals surface area contributed by atoms with Gasteiger partial charge in [-0.25, -0.2) is 0 Å². The van der Waals surface area contributed by atoms with Gasteiger partial charge in [0.05, 0.1) is 11.2 Å². The summed E-state index contributed by atoms with van der Waals surface area (Å²) in [6.45, 7) is 3.47. The molecular weight excluding hydrogens is 236 g/mol. The predicted molar refractivity (Wildman–Crippen MR) is 76.6 cm³/mol. The van der Waals surface area contributed by atoms with Crippen LogP contribution in [0.25, 0.3) is 0 Å². The van der Waals surface area contributed by atoms with Crippen LogP contribution in [0.1, 0.15) is 31.4 Å². The lowest BCUT2D eigenvalue weighted by Gasteiger charge is -2.33. The van der Waals surface area contributed by atoms with Crippen LogP contribution >= 0.6 is 0 Å². The molecule has 19 heavy (non-hydrogen) atoms. The molecule has 0 fully saturated rings. The molecule has 0 radical (unpaired) electrons. The van der Waals surface area contributed by atoms with Gasteiger partial charge in [0, 0.05) is 6.42 Å². The third-order valence-electron chi connectivity index (χ3n) is 3.48. The first-order chi connectivity index (χ1) is 8.92. The molecule has 2 nitrogen and oxygen atoms in total. The summed E-state index contributed by atoms with van der Waals surface area (Å²) >= 11 is 0. The average molecular weight is 256 g/mol. The third kappa shape index (κ3) is 3.22. The van der Waals surface area contributed by atoms with Crippen molar-refractivity contribution in [1.82, 2.24) is 0 Å². The molecule has 0 aromatic heterocycles. The summed E-state index contributed by atoms with van der Waals surface area (Å²) in [6.07, 6.45) is 0.244. The Hall–Kier alpha value is -1.64. The molecule has 0 aliphatic carbocycles. The van der Waals surface area contributed by atoms with Crippen LogP contribution in [0.2, 0.25) is 0 Å². The summed E-state index contributed by atoms with van der Waals surface area (Å²) in [5.74, 6) is 0. The second kappa shape index (κ2) is 5.16. The molecule has 100 valence electrons. The van der Waals surface area contributed by atoms with Crippen LogP contribution in [0.15, 0.2) is 60.7 Å². The maximum atomic E-state index is 10.6. The van der Waals surface area contributed by atoms with Gasteiger partial charge in [0.25, 0.3) is 0 Å². The van der Waals surface area contributed by atoms with Gasteiger partial charge in [0.1, 0.15) is 0 Å². The van der Waals surface area contributed by atoms with Crippen molar-refractivity contribution in [3.05, 3.63) is 71.8 Å². The minimum Gasteiger partial charge on any atom is -0.385 e. The number of hydrogen-bond acceptors (Lipinski definition) is 2. The number of benzene rings is 2. The van der Waals surface area contributed by atoms with Gasteiger partial charge in [-0.2, -0.15) is 0 Å². The first kappa shape index (κ1) is 13.8. The number of hydrogen-bond donors (Lipinski definition) is 2. The molecule has 0 heterocycles. The summed E-state index contributed by atoms with van der Waals surface area (Å²) in [5.41, 5.74) is -0.515. The standard InChI is InChI=1S/C17H20O2/c1-16(18,14-9-5-3-6-10-14)13-17(2,19)15-11-7-4-8-12-15/h3-12,18-19H,13H2,1-2H3/t16-,17+. The van der Waals surface area contributed by atoms with Crippen molar-refractivity contribution in [2.45, 2.75) is 31.5 Å². The van der Waals surface area contributed by atoms with Crippen LogP contribution in [0.5, 0.6) is 0 Å². The van der Waals surface area contributed by atoms with Gasteiger partial charge in [-0.1, -0.05) is 60.7 Å². The molecule has 0 aliphatic rings. The molecule has 2 atom stereocenters. The Bertz CT molecular complexity index is 466. The molecule has 0 bridgehead atoms. The van der Waals surface area contributed by atoms with Crippen LogP contribution in [-0.2, 0) is 11.2 Å². The second-order valence-corrected chi connectivity index (χ2v) is 5.46. The van der Waals surface area contributed by atoms with Crippen molar-refractivity contribution in [1.29, 1.82) is 0 Å². The maximum absolute atomic E-state index is 10.6. The van der Waals surface area contributed by atoms with E-state index < -0.39 is 11.2 Å². The Kier molecular flexibility index (Phi) is 3.74. The molecular formula is C17H20O2. The van der Waals surface area contributed by atoms with Crippen molar-refractivity contribution in [2.24, 2.45) is 0 Å². The van der Waals surface area contributed by atoms with Gasteiger partial charge in [-0.15, -0.1) is 0 Å². The number of rotatable bonds is 4. The minimum atomic E-state index is -1.07. The van der Waals surface area contributed by atoms with Crippen LogP contribution in [-0.4, -0.2) is 10.2 Å². The van der Waals surface area contributed by atoms with Crippen molar-refractivity contribution >= 4 is 0 Å². The zero-order valence-corrected chi connectivity index (χ0v) is 11.4. The lowest BCUT2D eigenvalue weighted by molar-refractivity contribution is -0.0525. The highest BCUT2D eigenvalue weighted by molar-refractivity contribution is 5.26. The zero-order chi connectivity index (χ0) is 13.9. The van der Waals surface area contributed by atoms with E-state index in [0.29, 0.717) is 0 Å². The van der Waals surface area contributed by atoms with E-state index in [4.69, 9.17) is 0 Å². The molecule has 2 N–H and O–H groups in total. The van der Waals surface area contributed by atoms with Crippen LogP contribution in [0.3, 0.4) is 0 Å². The van der Waals surface area contributed by atoms with Crippen LogP contribution in [0.4, 0.5) is 0 Å². The molecule has 0 spiro atoms. The van der Waals surface area contributed by atoms with E-state index in [9.17, 15) is 10.2 Å². The average Bonchev–Trinajstić information content (AvgIpc) is 2.40. The number of aliphatic hydroxyl groups is 2. The van der Waals surface area contributed by atoms with Gasteiger partial charge < -0.3 is 10.2 Å². The summed E-state index contributed by atoms with van der Waals surface area (Å²) in [7, 11) is 0. The van der Waals surface area contributed by atoms with Gasteiger partial charge >= 0.3 is 0 Å². The first-order valence-corrected chi connectivity index (χ1v) is 6.48. The molecule has 0 unspecified atom stereocenters. The summed E-state index contributed by atoms with van der Waals surface area (Å²) in [6, 6.07) is 18.9. The highest BCUT2D eigenvalue weighted by Crippen LogP contribution is 2.35. The molecule has 0 aliphatic heterocycles. The molecule has 2 aromatic carbocycles. The smallest absolute Gasteiger partial charge is 0.0899 e. The van der Waals surface area contributed by atoms with E-state index in [2.05, 4.69) is 0 Å². The predicted octanol–water partition coefficient (Wildman–Crippen LogP) is 3.19. The lowest BCUT2D eigenvalue weighted by atomic mass is 9.81. The molecule has 0 saturated carbocycles. The van der Waals surface area contributed by atoms with E-state index in [1.165, 1.54) is 0 Å². The third-order valence-corrected chi connectivity index (χ3v) is 3.48. The SMILES string of the molecule is C[C@](O)(C[C@@](C)(O)c1ccccc1)c1ccccc1. The normalized spacial score (nSPS) is 17.5. The van der Waals surface area contributed by atoms with E-state index in [-0.39, 0.29) is 6.42 Å². The monoisotopic (exact) mass is 256 g/mol. The zero-order valence-electron chi connectivity index (χ0n) is 11.4. The van der Waals surface area contributed by atoms with E-state index in [1.807, 2.05) is 60.7 Å². The Labute approximate surface area is 114 Å². The van der Waals surface area contributed by atoms with E-state index in [0.717, 1.165) is 11.1 Å². The van der Waals surface area contributed by atoms with Crippen LogP contribution in [0, 0.1) is 0 Å². The Morgan fingerprint density at radius 2 is 1.00 bits per heavy atom. The fourth-order valence-electron chi connectivity index (χ4n) is 2.47. The van der Waals surface area contributed by atoms with Crippen molar-refractivity contribution < 1.29 is 10.2 Å². The van der Waals surface area contributed by atoms with Gasteiger partial charge in [0.2, 0.25) is 0 Å². The Morgan fingerprint density at radius 1 is 0.684 bits per heavy atom. The molecule has 2 heteroatoms. The van der Waals surface area contributed by atoms with E-state index >= 15 is 0 Å². The van der Waals surface area contributed by atoms with Crippen molar-refractivity contribution in [3.63, 3.8) is 0 Å². The first-order valence-electron chi connectivity index (χ1n) is 6.48. The van der Waals surface area contributed by atoms with Crippen LogP contribution < -0.4 is 0 Å².